The highest BCUT2D eigenvalue weighted by molar-refractivity contribution is 9.10. The van der Waals surface area contributed by atoms with E-state index in [0.717, 1.165) is 21.3 Å². The summed E-state index contributed by atoms with van der Waals surface area (Å²) >= 11 is 3.43. The second-order valence-corrected chi connectivity index (χ2v) is 4.15. The Kier molecular flexibility index (Phi) is 2.30. The van der Waals surface area contributed by atoms with Gasteiger partial charge < -0.3 is 9.84 Å². The smallest absolute Gasteiger partial charge is 0.126 e. The zero-order valence-electron chi connectivity index (χ0n) is 7.38. The third kappa shape index (κ3) is 1.58. The van der Waals surface area contributed by atoms with Crippen molar-refractivity contribution in [1.29, 1.82) is 0 Å². The van der Waals surface area contributed by atoms with Crippen LogP contribution in [-0.4, -0.2) is 11.7 Å². The summed E-state index contributed by atoms with van der Waals surface area (Å²) in [7, 11) is 0. The minimum Gasteiger partial charge on any atom is -0.493 e. The fraction of sp³-hybridized carbons (Fsp3) is 0.400. The molecule has 0 spiro atoms. The van der Waals surface area contributed by atoms with Crippen molar-refractivity contribution in [2.24, 2.45) is 0 Å². The Hall–Kier alpha value is -0.540. The van der Waals surface area contributed by atoms with E-state index in [1.54, 1.807) is 0 Å². The summed E-state index contributed by atoms with van der Waals surface area (Å²) in [6.07, 6.45) is 0.323. The Morgan fingerprint density at radius 1 is 1.54 bits per heavy atom. The predicted molar refractivity (Wildman–Crippen MR) is 54.0 cm³/mol. The molecular formula is C10H11BrO2. The molecule has 70 valence electrons. The SMILES string of the molecule is Cc1cc2c(cc1Br)OCC[C@@H]2O. The maximum atomic E-state index is 9.68. The number of aryl methyl sites for hydroxylation is 1. The van der Waals surface area contributed by atoms with Gasteiger partial charge in [0.05, 0.1) is 12.7 Å². The number of rotatable bonds is 0. The van der Waals surface area contributed by atoms with Crippen molar-refractivity contribution in [3.63, 3.8) is 0 Å². The quantitative estimate of drug-likeness (QED) is 0.758. The van der Waals surface area contributed by atoms with E-state index in [2.05, 4.69) is 15.9 Å². The molecule has 13 heavy (non-hydrogen) atoms. The van der Waals surface area contributed by atoms with Crippen LogP contribution in [0.3, 0.4) is 0 Å². The lowest BCUT2D eigenvalue weighted by atomic mass is 10.0. The van der Waals surface area contributed by atoms with E-state index in [4.69, 9.17) is 4.74 Å². The van der Waals surface area contributed by atoms with Crippen molar-refractivity contribution in [3.8, 4) is 5.75 Å². The predicted octanol–water partition coefficient (Wildman–Crippen LogP) is 2.57. The average molecular weight is 243 g/mol. The van der Waals surface area contributed by atoms with Crippen molar-refractivity contribution in [1.82, 2.24) is 0 Å². The van der Waals surface area contributed by atoms with E-state index >= 15 is 0 Å². The molecule has 3 heteroatoms. The largest absolute Gasteiger partial charge is 0.493 e. The van der Waals surface area contributed by atoms with E-state index in [1.165, 1.54) is 0 Å². The normalized spacial score (nSPS) is 20.7. The standard InChI is InChI=1S/C10H11BrO2/c1-6-4-7-9(12)2-3-13-10(7)5-8(6)11/h4-5,9,12H,2-3H2,1H3/t9-/m0/s1. The zero-order chi connectivity index (χ0) is 9.42. The maximum Gasteiger partial charge on any atom is 0.126 e. The Bertz CT molecular complexity index is 336. The summed E-state index contributed by atoms with van der Waals surface area (Å²) in [5, 5.41) is 9.68. The first-order valence-corrected chi connectivity index (χ1v) is 5.08. The summed E-state index contributed by atoms with van der Waals surface area (Å²) in [5.41, 5.74) is 2.04. The highest BCUT2D eigenvalue weighted by Gasteiger charge is 2.19. The molecule has 1 aromatic rings. The van der Waals surface area contributed by atoms with Gasteiger partial charge in [0.25, 0.3) is 0 Å². The average Bonchev–Trinajstić information content (AvgIpc) is 2.09. The molecule has 1 aliphatic rings. The van der Waals surface area contributed by atoms with Gasteiger partial charge in [0, 0.05) is 16.5 Å². The molecule has 1 aliphatic heterocycles. The minimum absolute atomic E-state index is 0.365. The first-order valence-electron chi connectivity index (χ1n) is 4.29. The van der Waals surface area contributed by atoms with Crippen LogP contribution in [0.4, 0.5) is 0 Å². The lowest BCUT2D eigenvalue weighted by molar-refractivity contribution is 0.115. The molecule has 1 heterocycles. The Labute approximate surface area is 85.7 Å². The van der Waals surface area contributed by atoms with Crippen LogP contribution >= 0.6 is 15.9 Å². The molecule has 0 unspecified atom stereocenters. The molecule has 0 amide bonds. The summed E-state index contributed by atoms with van der Waals surface area (Å²) < 4.78 is 6.47. The van der Waals surface area contributed by atoms with Gasteiger partial charge in [-0.3, -0.25) is 0 Å². The first kappa shape index (κ1) is 9.03. The molecule has 0 saturated carbocycles. The van der Waals surface area contributed by atoms with Gasteiger partial charge in [-0.05, 0) is 24.6 Å². The van der Waals surface area contributed by atoms with Crippen LogP contribution in [0.5, 0.6) is 5.75 Å². The number of halogens is 1. The van der Waals surface area contributed by atoms with E-state index < -0.39 is 0 Å². The molecule has 0 radical (unpaired) electrons. The molecular weight excluding hydrogens is 232 g/mol. The third-order valence-corrected chi connectivity index (χ3v) is 3.15. The number of fused-ring (bicyclic) bond motifs is 1. The molecule has 1 N–H and O–H groups in total. The fourth-order valence-corrected chi connectivity index (χ4v) is 1.83. The molecule has 0 saturated heterocycles. The van der Waals surface area contributed by atoms with Crippen molar-refractivity contribution in [3.05, 3.63) is 27.7 Å². The van der Waals surface area contributed by atoms with E-state index in [9.17, 15) is 5.11 Å². The molecule has 0 fully saturated rings. The van der Waals surface area contributed by atoms with Crippen LogP contribution in [0.1, 0.15) is 23.7 Å². The second kappa shape index (κ2) is 3.31. The summed E-state index contributed by atoms with van der Waals surface area (Å²) in [6, 6.07) is 3.90. The van der Waals surface area contributed by atoms with Crippen LogP contribution in [0.15, 0.2) is 16.6 Å². The highest BCUT2D eigenvalue weighted by Crippen LogP contribution is 2.35. The van der Waals surface area contributed by atoms with Crippen LogP contribution in [0.2, 0.25) is 0 Å². The van der Waals surface area contributed by atoms with Crippen LogP contribution in [-0.2, 0) is 0 Å². The maximum absolute atomic E-state index is 9.68. The number of hydrogen-bond donors (Lipinski definition) is 1. The van der Waals surface area contributed by atoms with Gasteiger partial charge in [-0.25, -0.2) is 0 Å². The second-order valence-electron chi connectivity index (χ2n) is 3.29. The molecule has 0 aliphatic carbocycles. The van der Waals surface area contributed by atoms with Gasteiger partial charge in [-0.2, -0.15) is 0 Å². The van der Waals surface area contributed by atoms with E-state index in [0.29, 0.717) is 13.0 Å². The summed E-state index contributed by atoms with van der Waals surface area (Å²) in [5.74, 6) is 0.802. The third-order valence-electron chi connectivity index (χ3n) is 2.30. The monoisotopic (exact) mass is 242 g/mol. The van der Waals surface area contributed by atoms with Gasteiger partial charge in [0.15, 0.2) is 0 Å². The Balaban J connectivity index is 2.52. The van der Waals surface area contributed by atoms with Crippen LogP contribution < -0.4 is 4.74 Å². The number of aliphatic hydroxyl groups is 1. The minimum atomic E-state index is -0.365. The topological polar surface area (TPSA) is 29.5 Å². The van der Waals surface area contributed by atoms with Gasteiger partial charge in [-0.15, -0.1) is 0 Å². The number of hydrogen-bond acceptors (Lipinski definition) is 2. The van der Waals surface area contributed by atoms with Crippen molar-refractivity contribution < 1.29 is 9.84 Å². The van der Waals surface area contributed by atoms with Crippen LogP contribution in [0.25, 0.3) is 0 Å². The number of benzene rings is 1. The molecule has 1 aromatic carbocycles. The van der Waals surface area contributed by atoms with Crippen molar-refractivity contribution >= 4 is 15.9 Å². The molecule has 2 nitrogen and oxygen atoms in total. The van der Waals surface area contributed by atoms with Crippen LogP contribution in [0, 0.1) is 6.92 Å². The van der Waals surface area contributed by atoms with E-state index in [1.807, 2.05) is 19.1 Å². The number of aliphatic hydroxyl groups excluding tert-OH is 1. The molecule has 1 atom stereocenters. The van der Waals surface area contributed by atoms with Gasteiger partial charge >= 0.3 is 0 Å². The van der Waals surface area contributed by atoms with Gasteiger partial charge in [0.1, 0.15) is 5.75 Å². The lowest BCUT2D eigenvalue weighted by Gasteiger charge is -2.22. The summed E-state index contributed by atoms with van der Waals surface area (Å²) in [6.45, 7) is 2.61. The zero-order valence-corrected chi connectivity index (χ0v) is 8.97. The Morgan fingerprint density at radius 2 is 2.31 bits per heavy atom. The fourth-order valence-electron chi connectivity index (χ4n) is 1.51. The Morgan fingerprint density at radius 3 is 3.08 bits per heavy atom. The molecule has 0 aromatic heterocycles. The van der Waals surface area contributed by atoms with Gasteiger partial charge in [-0.1, -0.05) is 15.9 Å². The summed E-state index contributed by atoms with van der Waals surface area (Å²) in [4.78, 5) is 0. The van der Waals surface area contributed by atoms with E-state index in [-0.39, 0.29) is 6.10 Å². The lowest BCUT2D eigenvalue weighted by Crippen LogP contribution is -2.13. The highest BCUT2D eigenvalue weighted by atomic mass is 79.9. The molecule has 2 rings (SSSR count). The van der Waals surface area contributed by atoms with Crippen molar-refractivity contribution in [2.45, 2.75) is 19.4 Å². The molecule has 0 bridgehead atoms. The van der Waals surface area contributed by atoms with Crippen molar-refractivity contribution in [2.75, 3.05) is 6.61 Å². The van der Waals surface area contributed by atoms with Gasteiger partial charge in [0.2, 0.25) is 0 Å². The first-order chi connectivity index (χ1) is 6.18. The number of ether oxygens (including phenoxy) is 1.